The fourth-order valence-corrected chi connectivity index (χ4v) is 3.43. The van der Waals surface area contributed by atoms with Crippen LogP contribution in [0.3, 0.4) is 0 Å². The quantitative estimate of drug-likeness (QED) is 0.485. The van der Waals surface area contributed by atoms with Gasteiger partial charge in [-0.2, -0.15) is 0 Å². The highest BCUT2D eigenvalue weighted by Gasteiger charge is 2.36. The zero-order valence-corrected chi connectivity index (χ0v) is 17.2. The van der Waals surface area contributed by atoms with Gasteiger partial charge in [0.1, 0.15) is 5.75 Å². The van der Waals surface area contributed by atoms with Crippen molar-refractivity contribution in [1.82, 2.24) is 5.32 Å². The van der Waals surface area contributed by atoms with Gasteiger partial charge in [-0.05, 0) is 66.8 Å². The maximum absolute atomic E-state index is 12.6. The molecule has 0 unspecified atom stereocenters. The molecule has 7 nitrogen and oxygen atoms in total. The summed E-state index contributed by atoms with van der Waals surface area (Å²) in [6.07, 6.45) is 0. The smallest absolute Gasteiger partial charge is 0.266 e. The van der Waals surface area contributed by atoms with Crippen molar-refractivity contribution in [3.05, 3.63) is 89.5 Å². The highest BCUT2D eigenvalue weighted by atomic mass is 32.1. The number of nitrogens with one attached hydrogen (secondary N) is 2. The van der Waals surface area contributed by atoms with Gasteiger partial charge in [0.25, 0.3) is 17.7 Å². The third-order valence-electron chi connectivity index (χ3n) is 4.74. The van der Waals surface area contributed by atoms with Gasteiger partial charge in [-0.1, -0.05) is 18.2 Å². The van der Waals surface area contributed by atoms with Crippen LogP contribution < -0.4 is 20.3 Å². The molecule has 0 aromatic heterocycles. The summed E-state index contributed by atoms with van der Waals surface area (Å²) in [6.45, 7) is 0. The van der Waals surface area contributed by atoms with Crippen LogP contribution in [0, 0.1) is 0 Å². The molecule has 0 fully saturated rings. The van der Waals surface area contributed by atoms with Crippen LogP contribution in [-0.2, 0) is 0 Å². The number of thiocarbonyl (C=S) groups is 1. The summed E-state index contributed by atoms with van der Waals surface area (Å²) in [5, 5.41) is 5.62. The number of imide groups is 1. The van der Waals surface area contributed by atoms with E-state index in [1.165, 1.54) is 7.11 Å². The lowest BCUT2D eigenvalue weighted by Gasteiger charge is -2.15. The van der Waals surface area contributed by atoms with Crippen molar-refractivity contribution in [1.29, 1.82) is 0 Å². The van der Waals surface area contributed by atoms with Crippen LogP contribution >= 0.6 is 12.2 Å². The maximum Gasteiger partial charge on any atom is 0.266 e. The number of hydrogen-bond acceptors (Lipinski definition) is 5. The molecule has 154 valence electrons. The van der Waals surface area contributed by atoms with E-state index in [2.05, 4.69) is 10.6 Å². The number of fused-ring (bicyclic) bond motifs is 1. The number of anilines is 2. The van der Waals surface area contributed by atoms with E-state index in [1.807, 2.05) is 0 Å². The van der Waals surface area contributed by atoms with Crippen LogP contribution in [0.25, 0.3) is 0 Å². The van der Waals surface area contributed by atoms with E-state index in [0.29, 0.717) is 33.8 Å². The van der Waals surface area contributed by atoms with Crippen LogP contribution in [0.2, 0.25) is 0 Å². The third kappa shape index (κ3) is 4.01. The Bertz CT molecular complexity index is 1170. The van der Waals surface area contributed by atoms with Crippen molar-refractivity contribution in [2.75, 3.05) is 17.3 Å². The Balaban J connectivity index is 1.42. The average Bonchev–Trinajstić information content (AvgIpc) is 3.04. The van der Waals surface area contributed by atoms with Gasteiger partial charge in [0, 0.05) is 11.3 Å². The number of carbonyl (C=O) groups is 3. The van der Waals surface area contributed by atoms with Crippen LogP contribution in [0.15, 0.2) is 72.8 Å². The van der Waals surface area contributed by atoms with Crippen molar-refractivity contribution in [3.63, 3.8) is 0 Å². The molecular formula is C23H17N3O4S. The second-order valence-electron chi connectivity index (χ2n) is 6.68. The van der Waals surface area contributed by atoms with Gasteiger partial charge in [0.2, 0.25) is 0 Å². The first-order chi connectivity index (χ1) is 15.0. The molecule has 4 rings (SSSR count). The highest BCUT2D eigenvalue weighted by Crippen LogP contribution is 2.29. The number of carbonyl (C=O) groups excluding carboxylic acids is 3. The molecule has 0 saturated carbocycles. The van der Waals surface area contributed by atoms with E-state index in [-0.39, 0.29) is 22.8 Å². The summed E-state index contributed by atoms with van der Waals surface area (Å²) in [6, 6.07) is 20.0. The number of rotatable bonds is 4. The lowest BCUT2D eigenvalue weighted by atomic mass is 10.1. The highest BCUT2D eigenvalue weighted by molar-refractivity contribution is 7.80. The largest absolute Gasteiger partial charge is 0.497 e. The molecule has 0 saturated heterocycles. The second-order valence-corrected chi connectivity index (χ2v) is 7.09. The van der Waals surface area contributed by atoms with Gasteiger partial charge in [-0.15, -0.1) is 0 Å². The summed E-state index contributed by atoms with van der Waals surface area (Å²) in [5.41, 5.74) is 2.22. The molecular weight excluding hydrogens is 414 g/mol. The van der Waals surface area contributed by atoms with Gasteiger partial charge >= 0.3 is 0 Å². The molecule has 0 bridgehead atoms. The Morgan fingerprint density at radius 3 is 2.16 bits per heavy atom. The van der Waals surface area contributed by atoms with Crippen molar-refractivity contribution >= 4 is 46.4 Å². The first kappa shape index (κ1) is 20.2. The maximum atomic E-state index is 12.6. The van der Waals surface area contributed by atoms with Gasteiger partial charge < -0.3 is 10.1 Å². The Morgan fingerprint density at radius 2 is 1.55 bits per heavy atom. The zero-order chi connectivity index (χ0) is 22.0. The molecule has 3 amide bonds. The monoisotopic (exact) mass is 431 g/mol. The van der Waals surface area contributed by atoms with Crippen molar-refractivity contribution in [2.24, 2.45) is 0 Å². The van der Waals surface area contributed by atoms with E-state index in [4.69, 9.17) is 17.0 Å². The summed E-state index contributed by atoms with van der Waals surface area (Å²) < 4.78 is 5.11. The molecule has 2 N–H and O–H groups in total. The van der Waals surface area contributed by atoms with Crippen LogP contribution in [-0.4, -0.2) is 29.9 Å². The van der Waals surface area contributed by atoms with Gasteiger partial charge in [-0.3, -0.25) is 19.7 Å². The lowest BCUT2D eigenvalue weighted by Crippen LogP contribution is -2.34. The normalized spacial score (nSPS) is 12.4. The molecule has 1 aliphatic rings. The van der Waals surface area contributed by atoms with Gasteiger partial charge in [0.05, 0.1) is 23.9 Å². The first-order valence-corrected chi connectivity index (χ1v) is 9.73. The van der Waals surface area contributed by atoms with Crippen LogP contribution in [0.5, 0.6) is 5.75 Å². The molecule has 0 atom stereocenters. The summed E-state index contributed by atoms with van der Waals surface area (Å²) in [5.74, 6) is -0.529. The third-order valence-corrected chi connectivity index (χ3v) is 4.94. The summed E-state index contributed by atoms with van der Waals surface area (Å²) in [4.78, 5) is 38.7. The molecule has 0 aliphatic carbocycles. The minimum atomic E-state index is -0.376. The predicted octanol–water partition coefficient (Wildman–Crippen LogP) is 3.62. The number of ether oxygens (including phenoxy) is 1. The van der Waals surface area contributed by atoms with Crippen LogP contribution in [0.4, 0.5) is 11.4 Å². The molecule has 0 spiro atoms. The Hall–Kier alpha value is -4.04. The fraction of sp³-hybridized carbons (Fsp3) is 0.0435. The number of amides is 3. The molecule has 1 heterocycles. The summed E-state index contributed by atoms with van der Waals surface area (Å²) >= 11 is 5.21. The number of methoxy groups -OCH3 is 1. The minimum Gasteiger partial charge on any atom is -0.497 e. The molecule has 0 radical (unpaired) electrons. The Morgan fingerprint density at radius 1 is 0.903 bits per heavy atom. The van der Waals surface area contributed by atoms with Crippen molar-refractivity contribution in [2.45, 2.75) is 0 Å². The van der Waals surface area contributed by atoms with E-state index >= 15 is 0 Å². The topological polar surface area (TPSA) is 87.7 Å². The fourth-order valence-electron chi connectivity index (χ4n) is 3.22. The Kier molecular flexibility index (Phi) is 5.46. The molecule has 31 heavy (non-hydrogen) atoms. The number of benzene rings is 3. The van der Waals surface area contributed by atoms with E-state index in [9.17, 15) is 14.4 Å². The van der Waals surface area contributed by atoms with E-state index < -0.39 is 0 Å². The standard InChI is InChI=1S/C23H17N3O4S/c1-30-17-6-4-5-14(13-17)20(27)25-23(31)24-15-9-11-16(12-10-15)26-21(28)18-7-2-3-8-19(18)22(26)29/h2-13H,1H3,(H2,24,25,27,31). The second kappa shape index (κ2) is 8.37. The lowest BCUT2D eigenvalue weighted by molar-refractivity contribution is 0.0923. The van der Waals surface area contributed by atoms with E-state index in [1.54, 1.807) is 72.8 Å². The van der Waals surface area contributed by atoms with Gasteiger partial charge in [0.15, 0.2) is 5.11 Å². The average molecular weight is 431 g/mol. The minimum absolute atomic E-state index is 0.112. The van der Waals surface area contributed by atoms with Crippen molar-refractivity contribution in [3.8, 4) is 5.75 Å². The molecule has 8 heteroatoms. The zero-order valence-electron chi connectivity index (χ0n) is 16.4. The molecule has 3 aromatic carbocycles. The molecule has 3 aromatic rings. The Labute approximate surface area is 183 Å². The van der Waals surface area contributed by atoms with Crippen LogP contribution in [0.1, 0.15) is 31.1 Å². The number of nitrogens with zero attached hydrogens (tertiary/aromatic N) is 1. The number of hydrogen-bond donors (Lipinski definition) is 2. The predicted molar refractivity (Wildman–Crippen MR) is 121 cm³/mol. The SMILES string of the molecule is COc1cccc(C(=O)NC(=S)Nc2ccc(N3C(=O)c4ccccc4C3=O)cc2)c1. The summed E-state index contributed by atoms with van der Waals surface area (Å²) in [7, 11) is 1.52. The van der Waals surface area contributed by atoms with Crippen molar-refractivity contribution < 1.29 is 19.1 Å². The molecule has 1 aliphatic heterocycles. The van der Waals surface area contributed by atoms with E-state index in [0.717, 1.165) is 4.90 Å². The first-order valence-electron chi connectivity index (χ1n) is 9.32. The van der Waals surface area contributed by atoms with Gasteiger partial charge in [-0.25, -0.2) is 4.90 Å².